The van der Waals surface area contributed by atoms with Gasteiger partial charge in [0.05, 0.1) is 5.56 Å². The van der Waals surface area contributed by atoms with Crippen LogP contribution in [0.25, 0.3) is 0 Å². The first kappa shape index (κ1) is 18.7. The lowest BCUT2D eigenvalue weighted by Crippen LogP contribution is -2.36. The van der Waals surface area contributed by atoms with Gasteiger partial charge in [-0.15, -0.1) is 0 Å². The molecule has 0 heterocycles. The van der Waals surface area contributed by atoms with Crippen molar-refractivity contribution in [1.29, 1.82) is 0 Å². The van der Waals surface area contributed by atoms with Gasteiger partial charge >= 0.3 is 6.18 Å². The summed E-state index contributed by atoms with van der Waals surface area (Å²) in [5.74, 6) is -1.04. The summed E-state index contributed by atoms with van der Waals surface area (Å²) in [7, 11) is 1.47. The van der Waals surface area contributed by atoms with Gasteiger partial charge in [-0.05, 0) is 35.4 Å². The van der Waals surface area contributed by atoms with E-state index in [1.54, 1.807) is 12.1 Å². The maximum atomic E-state index is 13.1. The zero-order chi connectivity index (χ0) is 18.4. The van der Waals surface area contributed by atoms with Crippen molar-refractivity contribution in [2.75, 3.05) is 7.05 Å². The van der Waals surface area contributed by atoms with Crippen molar-refractivity contribution in [1.82, 2.24) is 10.6 Å². The maximum Gasteiger partial charge on any atom is 0.416 e. The molecule has 0 aromatic heterocycles. The summed E-state index contributed by atoms with van der Waals surface area (Å²) in [5.41, 5.74) is -0.352. The van der Waals surface area contributed by atoms with Gasteiger partial charge in [0.15, 0.2) is 5.96 Å². The van der Waals surface area contributed by atoms with Gasteiger partial charge in [0, 0.05) is 20.1 Å². The lowest BCUT2D eigenvalue weighted by molar-refractivity contribution is -0.138. The molecule has 0 unspecified atom stereocenters. The average Bonchev–Trinajstić information content (AvgIpc) is 2.56. The quantitative estimate of drug-likeness (QED) is 0.495. The summed E-state index contributed by atoms with van der Waals surface area (Å²) in [4.78, 5) is 3.91. The van der Waals surface area contributed by atoms with Gasteiger partial charge in [0.25, 0.3) is 0 Å². The number of aliphatic imine (C=N–C) groups is 1. The summed E-state index contributed by atoms with van der Waals surface area (Å²) in [5, 5.41) is 5.65. The smallest absolute Gasteiger partial charge is 0.352 e. The molecule has 25 heavy (non-hydrogen) atoms. The third-order valence-electron chi connectivity index (χ3n) is 3.42. The molecule has 134 valence electrons. The summed E-state index contributed by atoms with van der Waals surface area (Å²) in [6, 6.07) is 8.29. The minimum atomic E-state index is -4.65. The van der Waals surface area contributed by atoms with Gasteiger partial charge in [0.1, 0.15) is 11.6 Å². The number of rotatable bonds is 4. The summed E-state index contributed by atoms with van der Waals surface area (Å²) in [6.07, 6.45) is -4.65. The number of nitrogens with one attached hydrogen (secondary N) is 2. The molecule has 0 aliphatic carbocycles. The van der Waals surface area contributed by atoms with Crippen LogP contribution in [0.15, 0.2) is 47.5 Å². The van der Waals surface area contributed by atoms with Crippen LogP contribution in [-0.4, -0.2) is 13.0 Å². The highest BCUT2D eigenvalue weighted by Gasteiger charge is 2.33. The van der Waals surface area contributed by atoms with Crippen molar-refractivity contribution in [3.8, 4) is 0 Å². The molecule has 0 atom stereocenters. The van der Waals surface area contributed by atoms with Gasteiger partial charge in [-0.2, -0.15) is 13.2 Å². The second kappa shape index (κ2) is 7.96. The van der Waals surface area contributed by atoms with Crippen molar-refractivity contribution >= 4 is 5.96 Å². The van der Waals surface area contributed by atoms with Crippen molar-refractivity contribution in [2.24, 2.45) is 4.99 Å². The number of alkyl halides is 3. The van der Waals surface area contributed by atoms with E-state index in [0.29, 0.717) is 12.6 Å². The third-order valence-corrected chi connectivity index (χ3v) is 3.42. The molecule has 2 aromatic rings. The maximum absolute atomic E-state index is 13.1. The molecular weight excluding hydrogens is 341 g/mol. The van der Waals surface area contributed by atoms with Crippen LogP contribution >= 0.6 is 0 Å². The van der Waals surface area contributed by atoms with Crippen LogP contribution in [0.1, 0.15) is 16.7 Å². The Kier molecular flexibility index (Phi) is 5.95. The zero-order valence-electron chi connectivity index (χ0n) is 13.3. The molecule has 0 saturated carbocycles. The highest BCUT2D eigenvalue weighted by molar-refractivity contribution is 5.79. The molecule has 0 bridgehead atoms. The standard InChI is InChI=1S/C17H16F5N3/c1-23-16(24-9-11-2-5-13(18)6-3-11)25-10-12-4-7-14(19)8-15(12)17(20,21)22/h2-8H,9-10H2,1H3,(H2,23,24,25). The molecule has 2 aromatic carbocycles. The van der Waals surface area contributed by atoms with Crippen LogP contribution in [0, 0.1) is 11.6 Å². The Morgan fingerprint density at radius 1 is 0.920 bits per heavy atom. The van der Waals surface area contributed by atoms with E-state index in [1.807, 2.05) is 0 Å². The molecule has 8 heteroatoms. The first-order valence-corrected chi connectivity index (χ1v) is 7.34. The molecule has 0 saturated heterocycles. The van der Waals surface area contributed by atoms with E-state index >= 15 is 0 Å². The Hall–Kier alpha value is -2.64. The highest BCUT2D eigenvalue weighted by Crippen LogP contribution is 2.32. The molecule has 0 fully saturated rings. The van der Waals surface area contributed by atoms with E-state index in [0.717, 1.165) is 17.7 Å². The molecule has 2 rings (SSSR count). The molecule has 0 aliphatic rings. The Bertz CT molecular complexity index is 739. The molecule has 0 spiro atoms. The lowest BCUT2D eigenvalue weighted by atomic mass is 10.1. The Labute approximate surface area is 141 Å². The number of hydrogen-bond donors (Lipinski definition) is 2. The van der Waals surface area contributed by atoms with E-state index in [4.69, 9.17) is 0 Å². The van der Waals surface area contributed by atoms with Crippen molar-refractivity contribution in [3.05, 3.63) is 70.8 Å². The van der Waals surface area contributed by atoms with E-state index in [-0.39, 0.29) is 23.9 Å². The lowest BCUT2D eigenvalue weighted by Gasteiger charge is -2.16. The summed E-state index contributed by atoms with van der Waals surface area (Å²) >= 11 is 0. The molecule has 0 radical (unpaired) electrons. The summed E-state index contributed by atoms with van der Waals surface area (Å²) < 4.78 is 64.8. The van der Waals surface area contributed by atoms with E-state index in [9.17, 15) is 22.0 Å². The number of nitrogens with zero attached hydrogens (tertiary/aromatic N) is 1. The minimum absolute atomic E-state index is 0.0985. The minimum Gasteiger partial charge on any atom is -0.352 e. The van der Waals surface area contributed by atoms with Crippen molar-refractivity contribution < 1.29 is 22.0 Å². The van der Waals surface area contributed by atoms with Crippen LogP contribution in [0.4, 0.5) is 22.0 Å². The van der Waals surface area contributed by atoms with Crippen LogP contribution < -0.4 is 10.6 Å². The van der Waals surface area contributed by atoms with Crippen LogP contribution in [0.5, 0.6) is 0 Å². The predicted molar refractivity (Wildman–Crippen MR) is 84.8 cm³/mol. The molecule has 0 amide bonds. The van der Waals surface area contributed by atoms with Crippen LogP contribution in [0.3, 0.4) is 0 Å². The topological polar surface area (TPSA) is 36.4 Å². The largest absolute Gasteiger partial charge is 0.416 e. The van der Waals surface area contributed by atoms with Gasteiger partial charge in [-0.25, -0.2) is 8.78 Å². The Morgan fingerprint density at radius 2 is 1.52 bits per heavy atom. The third kappa shape index (κ3) is 5.44. The Balaban J connectivity index is 2.00. The van der Waals surface area contributed by atoms with Gasteiger partial charge in [-0.3, -0.25) is 4.99 Å². The average molecular weight is 357 g/mol. The summed E-state index contributed by atoms with van der Waals surface area (Å²) in [6.45, 7) is 0.133. The first-order chi connectivity index (χ1) is 11.8. The second-order valence-electron chi connectivity index (χ2n) is 5.21. The van der Waals surface area contributed by atoms with E-state index < -0.39 is 17.6 Å². The fourth-order valence-corrected chi connectivity index (χ4v) is 2.15. The number of guanidine groups is 1. The van der Waals surface area contributed by atoms with Crippen molar-refractivity contribution in [2.45, 2.75) is 19.3 Å². The van der Waals surface area contributed by atoms with Gasteiger partial charge in [0.2, 0.25) is 0 Å². The highest BCUT2D eigenvalue weighted by atomic mass is 19.4. The van der Waals surface area contributed by atoms with E-state index in [1.165, 1.54) is 19.2 Å². The fourth-order valence-electron chi connectivity index (χ4n) is 2.15. The first-order valence-electron chi connectivity index (χ1n) is 7.34. The van der Waals surface area contributed by atoms with Crippen LogP contribution in [0.2, 0.25) is 0 Å². The van der Waals surface area contributed by atoms with Gasteiger partial charge in [-0.1, -0.05) is 18.2 Å². The number of benzene rings is 2. The predicted octanol–water partition coefficient (Wildman–Crippen LogP) is 3.85. The molecule has 0 aliphatic heterocycles. The van der Waals surface area contributed by atoms with E-state index in [2.05, 4.69) is 15.6 Å². The molecule has 3 nitrogen and oxygen atoms in total. The fraction of sp³-hybridized carbons (Fsp3) is 0.235. The SMILES string of the molecule is CN=C(NCc1ccc(F)cc1)NCc1ccc(F)cc1C(F)(F)F. The van der Waals surface area contributed by atoms with Gasteiger partial charge < -0.3 is 10.6 Å². The number of halogens is 5. The molecule has 2 N–H and O–H groups in total. The normalized spacial score (nSPS) is 12.2. The monoisotopic (exact) mass is 357 g/mol. The molecular formula is C17H16F5N3. The zero-order valence-corrected chi connectivity index (χ0v) is 13.3. The Morgan fingerprint density at radius 3 is 2.12 bits per heavy atom. The number of hydrogen-bond acceptors (Lipinski definition) is 1. The van der Waals surface area contributed by atoms with Crippen molar-refractivity contribution in [3.63, 3.8) is 0 Å². The second-order valence-corrected chi connectivity index (χ2v) is 5.21. The van der Waals surface area contributed by atoms with Crippen LogP contribution in [-0.2, 0) is 19.3 Å².